The monoisotopic (exact) mass is 545 g/mol. The summed E-state index contributed by atoms with van der Waals surface area (Å²) < 4.78 is 34.8. The van der Waals surface area contributed by atoms with Crippen molar-refractivity contribution < 1.29 is 17.9 Å². The zero-order chi connectivity index (χ0) is 26.8. The van der Waals surface area contributed by atoms with Gasteiger partial charge in [0, 0.05) is 32.3 Å². The van der Waals surface area contributed by atoms with Crippen LogP contribution in [0.15, 0.2) is 64.6 Å². The summed E-state index contributed by atoms with van der Waals surface area (Å²) in [5.74, 6) is 0.611. The standard InChI is InChI=1S/C26H35N5O4S2/c1-5-30(6-2)37(33,34)23-14-10-13-22(17-23)25-28-29-26(31(25)20(3)18-35-4)36-19-24(32)27-16-15-21-11-8-7-9-12-21/h7-14,17,20H,5-6,15-16,18-19H2,1-4H3,(H,27,32)/t20-/m1/s1. The molecule has 0 spiro atoms. The summed E-state index contributed by atoms with van der Waals surface area (Å²) in [5, 5.41) is 12.2. The van der Waals surface area contributed by atoms with Gasteiger partial charge in [0.2, 0.25) is 15.9 Å². The lowest BCUT2D eigenvalue weighted by Gasteiger charge is -2.20. The van der Waals surface area contributed by atoms with E-state index in [1.807, 2.05) is 61.7 Å². The van der Waals surface area contributed by atoms with Gasteiger partial charge >= 0.3 is 0 Å². The number of aromatic nitrogens is 3. The number of hydrogen-bond acceptors (Lipinski definition) is 7. The first-order chi connectivity index (χ1) is 17.8. The number of thioether (sulfide) groups is 1. The van der Waals surface area contributed by atoms with Crippen molar-refractivity contribution in [3.05, 3.63) is 60.2 Å². The third-order valence-corrected chi connectivity index (χ3v) is 8.85. The zero-order valence-corrected chi connectivity index (χ0v) is 23.4. The minimum Gasteiger partial charge on any atom is -0.383 e. The Morgan fingerprint density at radius 3 is 2.51 bits per heavy atom. The van der Waals surface area contributed by atoms with Gasteiger partial charge in [-0.05, 0) is 31.0 Å². The molecule has 0 radical (unpaired) electrons. The molecule has 0 aliphatic heterocycles. The number of hydrogen-bond donors (Lipinski definition) is 1. The van der Waals surface area contributed by atoms with Crippen molar-refractivity contribution in [2.24, 2.45) is 0 Å². The van der Waals surface area contributed by atoms with Crippen molar-refractivity contribution in [2.45, 2.75) is 43.3 Å². The summed E-state index contributed by atoms with van der Waals surface area (Å²) in [6, 6.07) is 16.6. The molecule has 0 unspecified atom stereocenters. The van der Waals surface area contributed by atoms with Gasteiger partial charge in [0.25, 0.3) is 0 Å². The minimum atomic E-state index is -3.63. The van der Waals surface area contributed by atoms with Gasteiger partial charge in [-0.1, -0.05) is 68.1 Å². The van der Waals surface area contributed by atoms with Crippen molar-refractivity contribution in [3.8, 4) is 11.4 Å². The van der Waals surface area contributed by atoms with Crippen LogP contribution in [0.25, 0.3) is 11.4 Å². The summed E-state index contributed by atoms with van der Waals surface area (Å²) in [7, 11) is -2.01. The number of benzene rings is 2. The second kappa shape index (κ2) is 13.7. The molecule has 1 heterocycles. The molecular weight excluding hydrogens is 510 g/mol. The average molecular weight is 546 g/mol. The van der Waals surface area contributed by atoms with Crippen LogP contribution in [0.1, 0.15) is 32.4 Å². The maximum absolute atomic E-state index is 13.1. The average Bonchev–Trinajstić information content (AvgIpc) is 3.33. The molecular formula is C26H35N5O4S2. The maximum atomic E-state index is 13.1. The van der Waals surface area contributed by atoms with Gasteiger partial charge in [0.1, 0.15) is 0 Å². The molecule has 11 heteroatoms. The Hall–Kier alpha value is -2.73. The highest BCUT2D eigenvalue weighted by atomic mass is 32.2. The van der Waals surface area contributed by atoms with Gasteiger partial charge in [-0.25, -0.2) is 8.42 Å². The first-order valence-electron chi connectivity index (χ1n) is 12.3. The smallest absolute Gasteiger partial charge is 0.243 e. The molecule has 1 amide bonds. The molecule has 0 saturated carbocycles. The van der Waals surface area contributed by atoms with Crippen LogP contribution in [0.5, 0.6) is 0 Å². The predicted molar refractivity (Wildman–Crippen MR) is 146 cm³/mol. The lowest BCUT2D eigenvalue weighted by molar-refractivity contribution is -0.118. The topological polar surface area (TPSA) is 106 Å². The molecule has 0 bridgehead atoms. The Balaban J connectivity index is 1.78. The van der Waals surface area contributed by atoms with Gasteiger partial charge in [0.05, 0.1) is 23.3 Å². The van der Waals surface area contributed by atoms with Crippen molar-refractivity contribution >= 4 is 27.7 Å². The number of ether oxygens (including phenoxy) is 1. The van der Waals surface area contributed by atoms with E-state index >= 15 is 0 Å². The fraction of sp³-hybridized carbons (Fsp3) is 0.423. The number of nitrogens with one attached hydrogen (secondary N) is 1. The molecule has 1 N–H and O–H groups in total. The van der Waals surface area contributed by atoms with Gasteiger partial charge < -0.3 is 10.1 Å². The highest BCUT2D eigenvalue weighted by Gasteiger charge is 2.24. The first kappa shape index (κ1) is 28.8. The van der Waals surface area contributed by atoms with Crippen LogP contribution in [-0.4, -0.2) is 72.5 Å². The molecule has 0 saturated heterocycles. The van der Waals surface area contributed by atoms with Crippen LogP contribution in [0.4, 0.5) is 0 Å². The Morgan fingerprint density at radius 2 is 1.84 bits per heavy atom. The van der Waals surface area contributed by atoms with Gasteiger partial charge in [-0.15, -0.1) is 10.2 Å². The van der Waals surface area contributed by atoms with Gasteiger partial charge in [0.15, 0.2) is 11.0 Å². The number of methoxy groups -OCH3 is 1. The Labute approximate surface area is 223 Å². The van der Waals surface area contributed by atoms with E-state index in [1.54, 1.807) is 25.3 Å². The number of carbonyl (C=O) groups excluding carboxylic acids is 1. The lowest BCUT2D eigenvalue weighted by Crippen LogP contribution is -2.30. The Morgan fingerprint density at radius 1 is 1.11 bits per heavy atom. The number of amides is 1. The second-order valence-electron chi connectivity index (χ2n) is 8.47. The molecule has 1 aromatic heterocycles. The van der Waals surface area contributed by atoms with Crippen LogP contribution in [0, 0.1) is 0 Å². The third kappa shape index (κ3) is 7.41. The molecule has 200 valence electrons. The summed E-state index contributed by atoms with van der Waals surface area (Å²) in [5.41, 5.74) is 1.79. The molecule has 3 aromatic rings. The third-order valence-electron chi connectivity index (χ3n) is 5.86. The van der Waals surface area contributed by atoms with E-state index in [1.165, 1.54) is 21.6 Å². The molecule has 37 heavy (non-hydrogen) atoms. The Bertz CT molecular complexity index is 1260. The highest BCUT2D eigenvalue weighted by Crippen LogP contribution is 2.30. The number of rotatable bonds is 14. The quantitative estimate of drug-likeness (QED) is 0.308. The number of carbonyl (C=O) groups is 1. The number of nitrogens with zero attached hydrogens (tertiary/aromatic N) is 4. The van der Waals surface area contributed by atoms with Crippen LogP contribution >= 0.6 is 11.8 Å². The van der Waals surface area contributed by atoms with E-state index in [9.17, 15) is 13.2 Å². The van der Waals surface area contributed by atoms with E-state index in [0.717, 1.165) is 6.42 Å². The largest absolute Gasteiger partial charge is 0.383 e. The molecule has 0 aliphatic rings. The van der Waals surface area contributed by atoms with Crippen molar-refractivity contribution in [1.29, 1.82) is 0 Å². The lowest BCUT2D eigenvalue weighted by atomic mass is 10.1. The first-order valence-corrected chi connectivity index (χ1v) is 14.7. The predicted octanol–water partition coefficient (Wildman–Crippen LogP) is 3.63. The van der Waals surface area contributed by atoms with Crippen molar-refractivity contribution in [1.82, 2.24) is 24.4 Å². The van der Waals surface area contributed by atoms with Crippen molar-refractivity contribution in [3.63, 3.8) is 0 Å². The second-order valence-corrected chi connectivity index (χ2v) is 11.4. The van der Waals surface area contributed by atoms with Gasteiger partial charge in [-0.3, -0.25) is 9.36 Å². The minimum absolute atomic E-state index is 0.0938. The fourth-order valence-corrected chi connectivity index (χ4v) is 6.34. The van der Waals surface area contributed by atoms with Crippen LogP contribution < -0.4 is 5.32 Å². The summed E-state index contributed by atoms with van der Waals surface area (Å²) in [4.78, 5) is 12.7. The SMILES string of the molecule is CCN(CC)S(=O)(=O)c1cccc(-c2nnc(SCC(=O)NCCc3ccccc3)n2[C@H](C)COC)c1. The van der Waals surface area contributed by atoms with E-state index in [2.05, 4.69) is 15.5 Å². The van der Waals surface area contributed by atoms with Gasteiger partial charge in [-0.2, -0.15) is 4.31 Å². The van der Waals surface area contributed by atoms with E-state index in [0.29, 0.717) is 42.8 Å². The van der Waals surface area contributed by atoms with E-state index < -0.39 is 10.0 Å². The normalized spacial score (nSPS) is 12.6. The van der Waals surface area contributed by atoms with Crippen LogP contribution in [-0.2, 0) is 26.0 Å². The number of sulfonamides is 1. The highest BCUT2D eigenvalue weighted by molar-refractivity contribution is 7.99. The summed E-state index contributed by atoms with van der Waals surface area (Å²) >= 11 is 1.29. The van der Waals surface area contributed by atoms with Crippen LogP contribution in [0.2, 0.25) is 0 Å². The molecule has 2 aromatic carbocycles. The summed E-state index contributed by atoms with van der Waals surface area (Å²) in [6.45, 7) is 7.33. The fourth-order valence-electron chi connectivity index (χ4n) is 3.97. The van der Waals surface area contributed by atoms with E-state index in [4.69, 9.17) is 4.74 Å². The maximum Gasteiger partial charge on any atom is 0.243 e. The van der Waals surface area contributed by atoms with Crippen molar-refractivity contribution in [2.75, 3.05) is 39.1 Å². The molecule has 9 nitrogen and oxygen atoms in total. The molecule has 0 aliphatic carbocycles. The van der Waals surface area contributed by atoms with Crippen LogP contribution in [0.3, 0.4) is 0 Å². The molecule has 0 fully saturated rings. The Kier molecular flexibility index (Phi) is 10.7. The zero-order valence-electron chi connectivity index (χ0n) is 21.8. The summed E-state index contributed by atoms with van der Waals surface area (Å²) in [6.07, 6.45) is 0.759. The molecule has 1 atom stereocenters. The van der Waals surface area contributed by atoms with E-state index in [-0.39, 0.29) is 22.6 Å². The molecule has 3 rings (SSSR count).